The van der Waals surface area contributed by atoms with Gasteiger partial charge in [0, 0.05) is 32.2 Å². The summed E-state index contributed by atoms with van der Waals surface area (Å²) < 4.78 is 1.76. The molecule has 2 N–H and O–H groups in total. The van der Waals surface area contributed by atoms with Crippen molar-refractivity contribution in [1.82, 2.24) is 29.9 Å². The van der Waals surface area contributed by atoms with Crippen molar-refractivity contribution in [3.63, 3.8) is 0 Å². The minimum Gasteiger partial charge on any atom is -0.367 e. The van der Waals surface area contributed by atoms with Crippen LogP contribution in [0.4, 0.5) is 11.6 Å². The summed E-state index contributed by atoms with van der Waals surface area (Å²) in [4.78, 5) is 22.5. The van der Waals surface area contributed by atoms with Gasteiger partial charge in [-0.25, -0.2) is 15.1 Å². The van der Waals surface area contributed by atoms with Crippen LogP contribution in [0.5, 0.6) is 0 Å². The van der Waals surface area contributed by atoms with E-state index in [4.69, 9.17) is 0 Å². The van der Waals surface area contributed by atoms with Crippen LogP contribution in [0.1, 0.15) is 25.1 Å². The maximum atomic E-state index is 11.3. The number of aromatic amines is 1. The molecule has 136 valence electrons. The second-order valence-corrected chi connectivity index (χ2v) is 6.63. The minimum absolute atomic E-state index is 0.184. The highest BCUT2D eigenvalue weighted by Crippen LogP contribution is 2.24. The van der Waals surface area contributed by atoms with Crippen molar-refractivity contribution >= 4 is 22.7 Å². The number of fused-ring (bicyclic) bond motifs is 1. The number of hydrogen-bond donors (Lipinski definition) is 2. The zero-order valence-corrected chi connectivity index (χ0v) is 14.9. The molecule has 1 aliphatic rings. The number of aromatic nitrogens is 6. The van der Waals surface area contributed by atoms with E-state index in [1.54, 1.807) is 16.9 Å². The van der Waals surface area contributed by atoms with Crippen molar-refractivity contribution in [3.8, 4) is 0 Å². The lowest BCUT2D eigenvalue weighted by Gasteiger charge is -2.36. The van der Waals surface area contributed by atoms with Crippen molar-refractivity contribution < 1.29 is 0 Å². The molecule has 9 nitrogen and oxygen atoms in total. The quantitative estimate of drug-likeness (QED) is 0.726. The molecule has 3 aromatic heterocycles. The van der Waals surface area contributed by atoms with Crippen LogP contribution in [0.2, 0.25) is 0 Å². The molecular formula is C17H22N8O. The van der Waals surface area contributed by atoms with Gasteiger partial charge in [0.05, 0.1) is 11.6 Å². The van der Waals surface area contributed by atoms with Crippen molar-refractivity contribution in [2.75, 3.05) is 23.3 Å². The minimum atomic E-state index is -0.184. The molecule has 0 amide bonds. The Morgan fingerprint density at radius 2 is 2.19 bits per heavy atom. The Labute approximate surface area is 150 Å². The number of hydrogen-bond acceptors (Lipinski definition) is 7. The van der Waals surface area contributed by atoms with Crippen molar-refractivity contribution in [2.24, 2.45) is 7.05 Å². The maximum Gasteiger partial charge on any atom is 0.264 e. The van der Waals surface area contributed by atoms with Crippen LogP contribution in [-0.4, -0.2) is 49.1 Å². The van der Waals surface area contributed by atoms with Gasteiger partial charge in [-0.05, 0) is 32.3 Å². The van der Waals surface area contributed by atoms with Crippen LogP contribution in [0.3, 0.4) is 0 Å². The van der Waals surface area contributed by atoms with Crippen molar-refractivity contribution in [1.29, 1.82) is 0 Å². The first-order valence-electron chi connectivity index (χ1n) is 8.84. The fourth-order valence-electron chi connectivity index (χ4n) is 3.49. The van der Waals surface area contributed by atoms with Gasteiger partial charge in [-0.15, -0.1) is 0 Å². The van der Waals surface area contributed by atoms with Gasteiger partial charge in [-0.3, -0.25) is 9.48 Å². The van der Waals surface area contributed by atoms with Gasteiger partial charge in [0.15, 0.2) is 5.65 Å². The average Bonchev–Trinajstić information content (AvgIpc) is 3.02. The highest BCUT2D eigenvalue weighted by atomic mass is 16.1. The van der Waals surface area contributed by atoms with E-state index in [1.807, 2.05) is 14.0 Å². The summed E-state index contributed by atoms with van der Waals surface area (Å²) >= 11 is 0. The molecule has 0 aromatic carbocycles. The molecule has 0 aliphatic carbocycles. The average molecular weight is 354 g/mol. The van der Waals surface area contributed by atoms with Crippen LogP contribution < -0.4 is 15.8 Å². The third-order valence-corrected chi connectivity index (χ3v) is 4.79. The van der Waals surface area contributed by atoms with E-state index in [0.717, 1.165) is 48.6 Å². The number of nitrogens with zero attached hydrogens (tertiary/aromatic N) is 6. The first kappa shape index (κ1) is 16.5. The lowest BCUT2D eigenvalue weighted by atomic mass is 10.0. The van der Waals surface area contributed by atoms with Gasteiger partial charge in [0.25, 0.3) is 5.56 Å². The first-order chi connectivity index (χ1) is 12.6. The molecule has 0 radical (unpaired) electrons. The maximum absolute atomic E-state index is 11.3. The molecule has 0 saturated carbocycles. The smallest absolute Gasteiger partial charge is 0.264 e. The summed E-state index contributed by atoms with van der Waals surface area (Å²) in [6.45, 7) is 3.55. The molecule has 1 unspecified atom stereocenters. The number of rotatable bonds is 4. The van der Waals surface area contributed by atoms with Gasteiger partial charge in [0.1, 0.15) is 17.5 Å². The monoisotopic (exact) mass is 354 g/mol. The van der Waals surface area contributed by atoms with Crippen LogP contribution in [0, 0.1) is 6.92 Å². The molecule has 1 aliphatic heterocycles. The Kier molecular flexibility index (Phi) is 4.27. The van der Waals surface area contributed by atoms with E-state index in [1.165, 1.54) is 12.5 Å². The highest BCUT2D eigenvalue weighted by molar-refractivity contribution is 5.86. The molecule has 1 atom stereocenters. The van der Waals surface area contributed by atoms with E-state index in [0.29, 0.717) is 5.82 Å². The summed E-state index contributed by atoms with van der Waals surface area (Å²) in [5.74, 6) is 2.33. The highest BCUT2D eigenvalue weighted by Gasteiger charge is 2.24. The number of H-pyrrole nitrogens is 1. The van der Waals surface area contributed by atoms with Gasteiger partial charge in [0.2, 0.25) is 0 Å². The largest absolute Gasteiger partial charge is 0.367 e. The Balaban J connectivity index is 1.56. The van der Waals surface area contributed by atoms with Gasteiger partial charge < -0.3 is 10.2 Å². The van der Waals surface area contributed by atoms with E-state index in [9.17, 15) is 4.79 Å². The van der Waals surface area contributed by atoms with Crippen molar-refractivity contribution in [2.45, 2.75) is 32.2 Å². The summed E-state index contributed by atoms with van der Waals surface area (Å²) in [6.07, 6.45) is 5.15. The predicted octanol–water partition coefficient (Wildman–Crippen LogP) is 1.23. The number of piperidine rings is 1. The zero-order chi connectivity index (χ0) is 18.1. The SMILES string of the molecule is Cc1nc(NCC2CCCCN2c2ccc(=O)[nH]n2)c2cnn(C)c2n1. The molecule has 9 heteroatoms. The molecule has 0 spiro atoms. The Morgan fingerprint density at radius 1 is 1.31 bits per heavy atom. The van der Waals surface area contributed by atoms with Crippen LogP contribution in [0.15, 0.2) is 23.1 Å². The molecule has 3 aromatic rings. The van der Waals surface area contributed by atoms with E-state index >= 15 is 0 Å². The van der Waals surface area contributed by atoms with Crippen LogP contribution >= 0.6 is 0 Å². The molecule has 26 heavy (non-hydrogen) atoms. The fraction of sp³-hybridized carbons (Fsp3) is 0.471. The molecular weight excluding hydrogens is 332 g/mol. The van der Waals surface area contributed by atoms with E-state index in [-0.39, 0.29) is 11.6 Å². The molecule has 0 bridgehead atoms. The van der Waals surface area contributed by atoms with Crippen LogP contribution in [-0.2, 0) is 7.05 Å². The first-order valence-corrected chi connectivity index (χ1v) is 8.84. The lowest BCUT2D eigenvalue weighted by molar-refractivity contribution is 0.467. The standard InChI is InChI=1S/C17H22N8O/c1-11-20-16(13-10-19-24(2)17(13)21-11)18-9-12-5-3-4-8-25(12)14-6-7-15(26)23-22-14/h6-7,10,12H,3-5,8-9H2,1-2H3,(H,23,26)(H,18,20,21). The summed E-state index contributed by atoms with van der Waals surface area (Å²) in [7, 11) is 1.88. The van der Waals surface area contributed by atoms with Crippen molar-refractivity contribution in [3.05, 3.63) is 34.5 Å². The second-order valence-electron chi connectivity index (χ2n) is 6.63. The summed E-state index contributed by atoms with van der Waals surface area (Å²) in [5, 5.41) is 15.4. The van der Waals surface area contributed by atoms with Crippen LogP contribution in [0.25, 0.3) is 11.0 Å². The van der Waals surface area contributed by atoms with Gasteiger partial charge in [-0.2, -0.15) is 10.2 Å². The topological polar surface area (TPSA) is 105 Å². The summed E-state index contributed by atoms with van der Waals surface area (Å²) in [5.41, 5.74) is 0.638. The third kappa shape index (κ3) is 3.12. The number of aryl methyl sites for hydroxylation is 2. The third-order valence-electron chi connectivity index (χ3n) is 4.79. The summed E-state index contributed by atoms with van der Waals surface area (Å²) in [6, 6.07) is 3.59. The number of anilines is 2. The van der Waals surface area contributed by atoms with E-state index < -0.39 is 0 Å². The predicted molar refractivity (Wildman–Crippen MR) is 99.4 cm³/mol. The molecule has 1 fully saturated rings. The molecule has 1 saturated heterocycles. The Bertz CT molecular complexity index is 958. The Morgan fingerprint density at radius 3 is 3.00 bits per heavy atom. The van der Waals surface area contributed by atoms with E-state index in [2.05, 4.69) is 35.5 Å². The molecule has 4 rings (SSSR count). The number of nitrogens with one attached hydrogen (secondary N) is 2. The van der Waals surface area contributed by atoms with Gasteiger partial charge >= 0.3 is 0 Å². The van der Waals surface area contributed by atoms with Gasteiger partial charge in [-0.1, -0.05) is 0 Å². The normalized spacial score (nSPS) is 17.6. The zero-order valence-electron chi connectivity index (χ0n) is 14.9. The Hall–Kier alpha value is -2.97. The lowest BCUT2D eigenvalue weighted by Crippen LogP contribution is -2.44. The molecule has 4 heterocycles. The second kappa shape index (κ2) is 6.74. The fourth-order valence-corrected chi connectivity index (χ4v) is 3.49.